The van der Waals surface area contributed by atoms with E-state index in [9.17, 15) is 0 Å². The molecule has 134 valence electrons. The number of likely N-dealkylation sites (tertiary alicyclic amines) is 1. The van der Waals surface area contributed by atoms with Gasteiger partial charge in [0, 0.05) is 45.2 Å². The van der Waals surface area contributed by atoms with Crippen molar-refractivity contribution in [1.29, 1.82) is 0 Å². The van der Waals surface area contributed by atoms with Crippen LogP contribution in [0.4, 0.5) is 0 Å². The van der Waals surface area contributed by atoms with Crippen molar-refractivity contribution >= 4 is 5.96 Å². The lowest BCUT2D eigenvalue weighted by molar-refractivity contribution is 0.246. The third-order valence-corrected chi connectivity index (χ3v) is 5.52. The smallest absolute Gasteiger partial charge is 0.193 e. The van der Waals surface area contributed by atoms with Gasteiger partial charge < -0.3 is 15.1 Å². The van der Waals surface area contributed by atoms with Gasteiger partial charge in [-0.1, -0.05) is 12.8 Å². The first-order valence-electron chi connectivity index (χ1n) is 9.29. The van der Waals surface area contributed by atoms with Crippen LogP contribution in [0.2, 0.25) is 0 Å². The van der Waals surface area contributed by atoms with Crippen molar-refractivity contribution in [2.75, 3.05) is 40.3 Å². The highest BCUT2D eigenvalue weighted by atomic mass is 15.3. The highest BCUT2D eigenvalue weighted by Gasteiger charge is 2.24. The highest BCUT2D eigenvalue weighted by Crippen LogP contribution is 2.25. The second-order valence-corrected chi connectivity index (χ2v) is 7.02. The van der Waals surface area contributed by atoms with Crippen molar-refractivity contribution in [2.45, 2.75) is 50.5 Å². The molecular weight excluding hydrogens is 302 g/mol. The summed E-state index contributed by atoms with van der Waals surface area (Å²) in [5.41, 5.74) is 0. The van der Waals surface area contributed by atoms with Gasteiger partial charge in [-0.25, -0.2) is 4.98 Å². The lowest BCUT2D eigenvalue weighted by atomic mass is 9.96. The van der Waals surface area contributed by atoms with Crippen molar-refractivity contribution in [3.63, 3.8) is 0 Å². The van der Waals surface area contributed by atoms with E-state index < -0.39 is 0 Å². The number of hydrogen-bond acceptors (Lipinski definition) is 4. The summed E-state index contributed by atoms with van der Waals surface area (Å²) in [6.45, 7) is 4.08. The van der Waals surface area contributed by atoms with Gasteiger partial charge in [0.05, 0.1) is 0 Å². The maximum Gasteiger partial charge on any atom is 0.193 e. The second-order valence-electron chi connectivity index (χ2n) is 7.02. The van der Waals surface area contributed by atoms with E-state index in [0.29, 0.717) is 5.92 Å². The third kappa shape index (κ3) is 4.26. The quantitative estimate of drug-likeness (QED) is 0.630. The van der Waals surface area contributed by atoms with E-state index >= 15 is 0 Å². The van der Waals surface area contributed by atoms with Crippen molar-refractivity contribution in [3.8, 4) is 0 Å². The van der Waals surface area contributed by atoms with Crippen LogP contribution in [-0.4, -0.2) is 77.3 Å². The average molecular weight is 333 g/mol. The number of nitrogens with one attached hydrogen (secondary N) is 2. The molecule has 1 aromatic heterocycles. The number of H-pyrrole nitrogens is 1. The largest absolute Gasteiger partial charge is 0.355 e. The van der Waals surface area contributed by atoms with Crippen molar-refractivity contribution in [2.24, 2.45) is 4.99 Å². The fourth-order valence-corrected chi connectivity index (χ4v) is 3.98. The minimum atomic E-state index is 0.496. The molecule has 0 aromatic carbocycles. The summed E-state index contributed by atoms with van der Waals surface area (Å²) < 4.78 is 0. The Morgan fingerprint density at radius 3 is 2.71 bits per heavy atom. The van der Waals surface area contributed by atoms with E-state index in [1.165, 1.54) is 25.7 Å². The topological polar surface area (TPSA) is 72.4 Å². The molecule has 2 aliphatic rings. The van der Waals surface area contributed by atoms with Crippen LogP contribution in [0.3, 0.4) is 0 Å². The number of rotatable bonds is 5. The molecule has 7 nitrogen and oxygen atoms in total. The van der Waals surface area contributed by atoms with Crippen LogP contribution < -0.4 is 5.32 Å². The Morgan fingerprint density at radius 2 is 2.08 bits per heavy atom. The van der Waals surface area contributed by atoms with Crippen LogP contribution >= 0.6 is 0 Å². The summed E-state index contributed by atoms with van der Waals surface area (Å²) in [7, 11) is 4.13. The Hall–Kier alpha value is -1.63. The summed E-state index contributed by atoms with van der Waals surface area (Å²) in [6.07, 6.45) is 9.30. The Labute approximate surface area is 144 Å². The number of aliphatic imine (C=N–C) groups is 1. The third-order valence-electron chi connectivity index (χ3n) is 5.52. The summed E-state index contributed by atoms with van der Waals surface area (Å²) in [5.74, 6) is 2.55. The van der Waals surface area contributed by atoms with Crippen LogP contribution in [0.25, 0.3) is 0 Å². The number of aromatic amines is 1. The van der Waals surface area contributed by atoms with E-state index in [0.717, 1.165) is 56.8 Å². The summed E-state index contributed by atoms with van der Waals surface area (Å²) >= 11 is 0. The molecule has 0 bridgehead atoms. The second kappa shape index (κ2) is 8.46. The predicted octanol–water partition coefficient (Wildman–Crippen LogP) is 1.43. The van der Waals surface area contributed by atoms with Gasteiger partial charge in [-0.15, -0.1) is 0 Å². The zero-order valence-corrected chi connectivity index (χ0v) is 15.0. The Balaban J connectivity index is 1.40. The van der Waals surface area contributed by atoms with E-state index in [1.807, 2.05) is 7.05 Å². The van der Waals surface area contributed by atoms with Crippen LogP contribution in [0.1, 0.15) is 50.3 Å². The zero-order valence-electron chi connectivity index (χ0n) is 15.0. The first-order valence-corrected chi connectivity index (χ1v) is 9.29. The van der Waals surface area contributed by atoms with Gasteiger partial charge in [0.15, 0.2) is 5.96 Å². The van der Waals surface area contributed by atoms with Gasteiger partial charge in [-0.3, -0.25) is 10.1 Å². The molecule has 1 aliphatic heterocycles. The van der Waals surface area contributed by atoms with Crippen molar-refractivity contribution in [3.05, 3.63) is 12.2 Å². The number of aromatic nitrogens is 3. The Kier molecular flexibility index (Phi) is 6.07. The molecule has 0 radical (unpaired) electrons. The lowest BCUT2D eigenvalue weighted by Crippen LogP contribution is -2.47. The fraction of sp³-hybridized carbons (Fsp3) is 0.824. The van der Waals surface area contributed by atoms with Gasteiger partial charge in [0.1, 0.15) is 12.2 Å². The van der Waals surface area contributed by atoms with Crippen molar-refractivity contribution in [1.82, 2.24) is 30.3 Å². The maximum absolute atomic E-state index is 4.47. The van der Waals surface area contributed by atoms with E-state index in [1.54, 1.807) is 6.33 Å². The monoisotopic (exact) mass is 333 g/mol. The standard InChI is InChI=1S/C17H31N7/c1-18-17(19-9-12-23(2)15-5-3-4-6-15)24-10-7-14(8-11-24)16-20-13-21-22-16/h13-15H,3-12H2,1-2H3,(H,18,19)(H,20,21,22). The summed E-state index contributed by atoms with van der Waals surface area (Å²) in [5, 5.41) is 10.5. The van der Waals surface area contributed by atoms with Crippen LogP contribution in [0.5, 0.6) is 0 Å². The minimum Gasteiger partial charge on any atom is -0.355 e. The number of nitrogens with zero attached hydrogens (tertiary/aromatic N) is 5. The zero-order chi connectivity index (χ0) is 16.8. The Morgan fingerprint density at radius 1 is 1.33 bits per heavy atom. The van der Waals surface area contributed by atoms with Gasteiger partial charge in [-0.2, -0.15) is 5.10 Å². The molecule has 0 amide bonds. The van der Waals surface area contributed by atoms with Crippen LogP contribution in [0.15, 0.2) is 11.3 Å². The number of guanidine groups is 1. The van der Waals surface area contributed by atoms with Crippen molar-refractivity contribution < 1.29 is 0 Å². The van der Waals surface area contributed by atoms with E-state index in [4.69, 9.17) is 0 Å². The maximum atomic E-state index is 4.47. The van der Waals surface area contributed by atoms with E-state index in [-0.39, 0.29) is 0 Å². The molecule has 1 saturated heterocycles. The normalized spacial score (nSPS) is 21.0. The average Bonchev–Trinajstić information content (AvgIpc) is 3.32. The first-order chi connectivity index (χ1) is 11.8. The van der Waals surface area contributed by atoms with Gasteiger partial charge in [-0.05, 0) is 32.7 Å². The lowest BCUT2D eigenvalue weighted by Gasteiger charge is -2.34. The van der Waals surface area contributed by atoms with Gasteiger partial charge in [0.2, 0.25) is 0 Å². The van der Waals surface area contributed by atoms with Gasteiger partial charge >= 0.3 is 0 Å². The van der Waals surface area contributed by atoms with Gasteiger partial charge in [0.25, 0.3) is 0 Å². The Bertz CT molecular complexity index is 499. The van der Waals surface area contributed by atoms with Crippen LogP contribution in [-0.2, 0) is 0 Å². The molecule has 24 heavy (non-hydrogen) atoms. The first kappa shape index (κ1) is 17.2. The molecule has 2 fully saturated rings. The number of likely N-dealkylation sites (N-methyl/N-ethyl adjacent to an activating group) is 1. The highest BCUT2D eigenvalue weighted by molar-refractivity contribution is 5.79. The molecule has 3 rings (SSSR count). The number of piperidine rings is 1. The minimum absolute atomic E-state index is 0.496. The molecule has 2 N–H and O–H groups in total. The fourth-order valence-electron chi connectivity index (χ4n) is 3.98. The predicted molar refractivity (Wildman–Crippen MR) is 96.2 cm³/mol. The molecule has 7 heteroatoms. The SMILES string of the molecule is CN=C(NCCN(C)C1CCCC1)N1CCC(c2ncn[nH]2)CC1. The van der Waals surface area contributed by atoms with E-state index in [2.05, 4.69) is 42.3 Å². The van der Waals surface area contributed by atoms with Crippen LogP contribution in [0, 0.1) is 0 Å². The molecule has 1 aromatic rings. The molecule has 1 aliphatic carbocycles. The molecule has 2 heterocycles. The molecule has 0 atom stereocenters. The molecule has 0 unspecified atom stereocenters. The molecule has 1 saturated carbocycles. The summed E-state index contributed by atoms with van der Waals surface area (Å²) in [6, 6.07) is 0.784. The molecular formula is C17H31N7. The summed E-state index contributed by atoms with van der Waals surface area (Å²) in [4.78, 5) is 13.6. The number of hydrogen-bond donors (Lipinski definition) is 2. The molecule has 0 spiro atoms.